The Labute approximate surface area is 270 Å². The molecule has 4 aromatic rings. The third kappa shape index (κ3) is 5.91. The van der Waals surface area contributed by atoms with E-state index in [1.165, 1.54) is 34.1 Å². The van der Waals surface area contributed by atoms with Gasteiger partial charge in [-0.05, 0) is 72.9 Å². The number of hydrogen-bond donors (Lipinski definition) is 2. The maximum Gasteiger partial charge on any atom is 0.339 e. The molecule has 2 aliphatic heterocycles. The Morgan fingerprint density at radius 2 is 1.76 bits per heavy atom. The number of aliphatic hydroxyl groups is 1. The van der Waals surface area contributed by atoms with Gasteiger partial charge in [0.1, 0.15) is 11.7 Å². The lowest BCUT2D eigenvalue weighted by Crippen LogP contribution is -2.42. The number of hydrogen-bond acceptors (Lipinski definition) is 6. The van der Waals surface area contributed by atoms with E-state index in [1.54, 1.807) is 16.5 Å². The van der Waals surface area contributed by atoms with Gasteiger partial charge in [-0.15, -0.1) is 0 Å². The van der Waals surface area contributed by atoms with Crippen LogP contribution in [0.25, 0.3) is 17.1 Å². The second-order valence-electron chi connectivity index (χ2n) is 12.6. The van der Waals surface area contributed by atoms with E-state index >= 15 is 0 Å². The molecular weight excluding hydrogens is 578 g/mol. The average Bonchev–Trinajstić information content (AvgIpc) is 3.65. The first-order chi connectivity index (χ1) is 22.2. The minimum atomic E-state index is -0.987. The lowest BCUT2D eigenvalue weighted by molar-refractivity contribution is -0.140. The fraction of sp³-hybridized carbons (Fsp3) is 0.405. The normalized spacial score (nSPS) is 17.3. The summed E-state index contributed by atoms with van der Waals surface area (Å²) in [7, 11) is 0. The number of carbonyl (C=O) groups excluding carboxylic acids is 1. The number of aliphatic hydroxyl groups excluding tert-OH is 1. The summed E-state index contributed by atoms with van der Waals surface area (Å²) in [6.07, 6.45) is 3.75. The fourth-order valence-corrected chi connectivity index (χ4v) is 7.32. The second kappa shape index (κ2) is 13.1. The number of aromatic nitrogens is 3. The number of anilines is 1. The summed E-state index contributed by atoms with van der Waals surface area (Å²) in [6, 6.07) is 19.2. The van der Waals surface area contributed by atoms with Gasteiger partial charge in [-0.3, -0.25) is 4.79 Å². The van der Waals surface area contributed by atoms with E-state index in [1.807, 2.05) is 25.1 Å². The van der Waals surface area contributed by atoms with Crippen molar-refractivity contribution in [2.45, 2.75) is 77.9 Å². The van der Waals surface area contributed by atoms with Gasteiger partial charge in [-0.25, -0.2) is 14.5 Å². The van der Waals surface area contributed by atoms with Crippen LogP contribution in [-0.4, -0.2) is 67.5 Å². The van der Waals surface area contributed by atoms with Crippen LogP contribution in [0.2, 0.25) is 0 Å². The monoisotopic (exact) mass is 621 g/mol. The Morgan fingerprint density at radius 3 is 2.46 bits per heavy atom. The first-order valence-electron chi connectivity index (χ1n) is 16.4. The van der Waals surface area contributed by atoms with Crippen molar-refractivity contribution in [3.8, 4) is 17.1 Å². The Hall–Kier alpha value is -4.50. The summed E-state index contributed by atoms with van der Waals surface area (Å²) in [6.45, 7) is 11.0. The lowest BCUT2D eigenvalue weighted by atomic mass is 9.85. The third-order valence-corrected chi connectivity index (χ3v) is 9.64. The summed E-state index contributed by atoms with van der Waals surface area (Å²) >= 11 is 0. The molecule has 2 aromatic carbocycles. The van der Waals surface area contributed by atoms with E-state index in [-0.39, 0.29) is 11.5 Å². The molecule has 2 atom stereocenters. The maximum atomic E-state index is 12.3. The molecule has 240 valence electrons. The van der Waals surface area contributed by atoms with Gasteiger partial charge >= 0.3 is 5.97 Å². The van der Waals surface area contributed by atoms with Crippen molar-refractivity contribution in [3.63, 3.8) is 0 Å². The summed E-state index contributed by atoms with van der Waals surface area (Å²) in [5.74, 6) is 0.216. The van der Waals surface area contributed by atoms with Gasteiger partial charge in [0.25, 0.3) is 5.91 Å². The number of likely N-dealkylation sites (tertiary alicyclic amines) is 1. The van der Waals surface area contributed by atoms with Gasteiger partial charge in [0, 0.05) is 37.7 Å². The molecule has 0 aliphatic carbocycles. The van der Waals surface area contributed by atoms with Gasteiger partial charge in [0.05, 0.1) is 23.3 Å². The van der Waals surface area contributed by atoms with Gasteiger partial charge in [0.15, 0.2) is 5.82 Å². The smallest absolute Gasteiger partial charge is 0.339 e. The number of amides is 1. The Balaban J connectivity index is 1.27. The van der Waals surface area contributed by atoms with Crippen molar-refractivity contribution >= 4 is 17.6 Å². The van der Waals surface area contributed by atoms with Crippen molar-refractivity contribution in [1.29, 1.82) is 0 Å². The van der Waals surface area contributed by atoms with Crippen molar-refractivity contribution in [2.75, 3.05) is 24.5 Å². The zero-order valence-corrected chi connectivity index (χ0v) is 27.1. The topological polar surface area (TPSA) is 112 Å². The number of para-hydroxylation sites is 1. The van der Waals surface area contributed by atoms with Crippen LogP contribution in [0.1, 0.15) is 90.7 Å². The van der Waals surface area contributed by atoms with E-state index < -0.39 is 12.1 Å². The molecule has 4 heterocycles. The van der Waals surface area contributed by atoms with E-state index in [0.717, 1.165) is 43.6 Å². The van der Waals surface area contributed by atoms with Crippen LogP contribution >= 0.6 is 0 Å². The van der Waals surface area contributed by atoms with Gasteiger partial charge in [0.2, 0.25) is 0 Å². The van der Waals surface area contributed by atoms with Crippen LogP contribution in [0.5, 0.6) is 0 Å². The molecule has 0 bridgehead atoms. The largest absolute Gasteiger partial charge is 0.478 e. The standard InChI is InChI=1S/C37H43N5O4/c1-5-26-19-25(13-14-29(26)27-15-17-40(18-16-27)36(44)24(4)43)22-41-21-23(3)28-9-7-10-30(35(28)41)32-11-8-12-34(39-32)42-33(6-2)31(20-38-42)37(45)46/h7-14,19-20,23-24,27,43H,5-6,15-18,21-22H2,1-4H3,(H,45,46). The van der Waals surface area contributed by atoms with Crippen molar-refractivity contribution in [1.82, 2.24) is 19.7 Å². The summed E-state index contributed by atoms with van der Waals surface area (Å²) in [4.78, 5) is 33.3. The Bertz CT molecular complexity index is 1750. The number of carbonyl (C=O) groups is 2. The number of piperidine rings is 1. The minimum Gasteiger partial charge on any atom is -0.478 e. The summed E-state index contributed by atoms with van der Waals surface area (Å²) in [5.41, 5.74) is 9.21. The van der Waals surface area contributed by atoms with E-state index in [9.17, 15) is 19.8 Å². The average molecular weight is 622 g/mol. The molecule has 2 unspecified atom stereocenters. The molecule has 9 heteroatoms. The first kappa shape index (κ1) is 31.5. The maximum absolute atomic E-state index is 12.3. The molecule has 0 saturated carbocycles. The number of rotatable bonds is 9. The molecule has 1 amide bonds. The van der Waals surface area contributed by atoms with Crippen molar-refractivity contribution < 1.29 is 19.8 Å². The molecule has 46 heavy (non-hydrogen) atoms. The number of carboxylic acid groups (broad SMARTS) is 1. The lowest BCUT2D eigenvalue weighted by Gasteiger charge is -2.34. The number of fused-ring (bicyclic) bond motifs is 1. The highest BCUT2D eigenvalue weighted by atomic mass is 16.4. The molecule has 0 spiro atoms. The predicted octanol–water partition coefficient (Wildman–Crippen LogP) is 5.97. The third-order valence-electron chi connectivity index (χ3n) is 9.64. The zero-order chi connectivity index (χ0) is 32.5. The predicted molar refractivity (Wildman–Crippen MR) is 179 cm³/mol. The zero-order valence-electron chi connectivity index (χ0n) is 27.1. The van der Waals surface area contributed by atoms with Gasteiger partial charge in [-0.1, -0.05) is 63.2 Å². The molecule has 2 N–H and O–H groups in total. The van der Waals surface area contributed by atoms with Crippen LogP contribution in [0.4, 0.5) is 5.69 Å². The highest BCUT2D eigenvalue weighted by molar-refractivity contribution is 5.89. The van der Waals surface area contributed by atoms with Gasteiger partial charge in [-0.2, -0.15) is 5.10 Å². The van der Waals surface area contributed by atoms with Crippen LogP contribution in [0.15, 0.2) is 60.8 Å². The molecule has 9 nitrogen and oxygen atoms in total. The summed E-state index contributed by atoms with van der Waals surface area (Å²) < 4.78 is 1.64. The number of carboxylic acids is 1. The molecule has 1 saturated heterocycles. The highest BCUT2D eigenvalue weighted by Gasteiger charge is 2.30. The molecule has 6 rings (SSSR count). The fourth-order valence-electron chi connectivity index (χ4n) is 7.32. The van der Waals surface area contributed by atoms with Crippen LogP contribution < -0.4 is 4.90 Å². The second-order valence-corrected chi connectivity index (χ2v) is 12.6. The number of aryl methyl sites for hydroxylation is 1. The Kier molecular flexibility index (Phi) is 8.95. The van der Waals surface area contributed by atoms with Crippen LogP contribution in [0, 0.1) is 0 Å². The number of benzene rings is 2. The number of nitrogens with zero attached hydrogens (tertiary/aromatic N) is 5. The molecule has 2 aliphatic rings. The van der Waals surface area contributed by atoms with E-state index in [0.29, 0.717) is 42.9 Å². The SMILES string of the molecule is CCc1cc(CN2CC(C)c3cccc(-c4cccc(-n5ncc(C(=O)O)c5CC)n4)c32)ccc1C1CCN(C(=O)C(C)O)CC1. The molecule has 0 radical (unpaired) electrons. The van der Waals surface area contributed by atoms with Crippen LogP contribution in [0.3, 0.4) is 0 Å². The highest BCUT2D eigenvalue weighted by Crippen LogP contribution is 2.43. The van der Waals surface area contributed by atoms with E-state index in [4.69, 9.17) is 4.98 Å². The molecule has 2 aromatic heterocycles. The van der Waals surface area contributed by atoms with Gasteiger partial charge < -0.3 is 20.0 Å². The van der Waals surface area contributed by atoms with Crippen LogP contribution in [-0.2, 0) is 24.2 Å². The number of pyridine rings is 1. The van der Waals surface area contributed by atoms with Crippen molar-refractivity contribution in [2.24, 2.45) is 0 Å². The Morgan fingerprint density at radius 1 is 1.00 bits per heavy atom. The molecule has 1 fully saturated rings. The summed E-state index contributed by atoms with van der Waals surface area (Å²) in [5, 5.41) is 23.7. The number of aromatic carboxylic acids is 1. The quantitative estimate of drug-likeness (QED) is 0.237. The first-order valence-corrected chi connectivity index (χ1v) is 16.4. The molecular formula is C37H43N5O4. The van der Waals surface area contributed by atoms with Crippen molar-refractivity contribution in [3.05, 3.63) is 94.3 Å². The van der Waals surface area contributed by atoms with E-state index in [2.05, 4.69) is 60.2 Å². The minimum absolute atomic E-state index is 0.176.